The molecule has 0 saturated heterocycles. The van der Waals surface area contributed by atoms with Crippen molar-refractivity contribution in [2.24, 2.45) is 5.73 Å². The van der Waals surface area contributed by atoms with E-state index >= 15 is 0 Å². The van der Waals surface area contributed by atoms with Gasteiger partial charge in [-0.3, -0.25) is 5.41 Å². The van der Waals surface area contributed by atoms with Gasteiger partial charge in [-0.1, -0.05) is 30.0 Å². The van der Waals surface area contributed by atoms with Crippen LogP contribution in [0.3, 0.4) is 0 Å². The lowest BCUT2D eigenvalue weighted by molar-refractivity contribution is 0.601. The quantitative estimate of drug-likeness (QED) is 0.654. The molecule has 92 valence electrons. The average molecular weight is 260 g/mol. The molecule has 2 rings (SSSR count). The van der Waals surface area contributed by atoms with E-state index in [9.17, 15) is 4.39 Å². The van der Waals surface area contributed by atoms with Crippen LogP contribution in [0.1, 0.15) is 11.1 Å². The van der Waals surface area contributed by atoms with Gasteiger partial charge in [0.15, 0.2) is 0 Å². The fourth-order valence-corrected chi connectivity index (χ4v) is 2.45. The summed E-state index contributed by atoms with van der Waals surface area (Å²) in [5.41, 5.74) is 6.83. The summed E-state index contributed by atoms with van der Waals surface area (Å²) in [6.45, 7) is 1.99. The Morgan fingerprint density at radius 1 is 1.17 bits per heavy atom. The van der Waals surface area contributed by atoms with E-state index in [0.29, 0.717) is 10.5 Å². The van der Waals surface area contributed by atoms with E-state index in [4.69, 9.17) is 11.1 Å². The molecule has 0 heterocycles. The van der Waals surface area contributed by atoms with Crippen LogP contribution >= 0.6 is 11.8 Å². The molecule has 0 radical (unpaired) electrons. The van der Waals surface area contributed by atoms with Crippen LogP contribution in [0, 0.1) is 18.2 Å². The zero-order valence-electron chi connectivity index (χ0n) is 9.91. The minimum absolute atomic E-state index is 0.124. The van der Waals surface area contributed by atoms with Gasteiger partial charge in [-0.25, -0.2) is 4.39 Å². The summed E-state index contributed by atoms with van der Waals surface area (Å²) in [7, 11) is 0. The van der Waals surface area contributed by atoms with Crippen LogP contribution in [0.25, 0.3) is 0 Å². The van der Waals surface area contributed by atoms with Gasteiger partial charge in [0.25, 0.3) is 0 Å². The van der Waals surface area contributed by atoms with Crippen LogP contribution in [0.15, 0.2) is 52.3 Å². The predicted molar refractivity (Wildman–Crippen MR) is 72.7 cm³/mol. The van der Waals surface area contributed by atoms with Crippen molar-refractivity contribution >= 4 is 17.6 Å². The molecule has 0 aliphatic heterocycles. The molecule has 0 aliphatic rings. The zero-order valence-corrected chi connectivity index (χ0v) is 10.7. The normalized spacial score (nSPS) is 10.3. The Kier molecular flexibility index (Phi) is 3.67. The molecule has 0 bridgehead atoms. The standard InChI is InChI=1S/C14H13FN2S/c1-9-4-2-3-5-12(9)18-13-7-6-10(14(16)17)8-11(13)15/h2-8H,1H3,(H3,16,17). The SMILES string of the molecule is Cc1ccccc1Sc1ccc(C(=N)N)cc1F. The number of aryl methyl sites for hydroxylation is 1. The monoisotopic (exact) mass is 260 g/mol. The fourth-order valence-electron chi connectivity index (χ4n) is 1.54. The molecule has 0 aromatic heterocycles. The Hall–Kier alpha value is -1.81. The number of nitrogens with two attached hydrogens (primary N) is 1. The first-order chi connectivity index (χ1) is 8.58. The van der Waals surface area contributed by atoms with Crippen LogP contribution in [0.4, 0.5) is 4.39 Å². The van der Waals surface area contributed by atoms with Gasteiger partial charge >= 0.3 is 0 Å². The lowest BCUT2D eigenvalue weighted by Gasteiger charge is -2.07. The molecule has 2 aromatic rings. The van der Waals surface area contributed by atoms with Crippen molar-refractivity contribution in [1.82, 2.24) is 0 Å². The Bertz CT molecular complexity index is 596. The first kappa shape index (κ1) is 12.6. The van der Waals surface area contributed by atoms with Gasteiger partial charge in [-0.15, -0.1) is 0 Å². The lowest BCUT2D eigenvalue weighted by Crippen LogP contribution is -2.11. The van der Waals surface area contributed by atoms with Crippen LogP contribution < -0.4 is 5.73 Å². The molecule has 0 aliphatic carbocycles. The number of hydrogen-bond acceptors (Lipinski definition) is 2. The van der Waals surface area contributed by atoms with Crippen molar-refractivity contribution in [3.63, 3.8) is 0 Å². The molecule has 0 unspecified atom stereocenters. The van der Waals surface area contributed by atoms with Gasteiger partial charge in [0.1, 0.15) is 11.7 Å². The number of amidine groups is 1. The molecular formula is C14H13FN2S. The summed E-state index contributed by atoms with van der Waals surface area (Å²) in [5, 5.41) is 7.26. The Morgan fingerprint density at radius 2 is 1.89 bits per heavy atom. The second kappa shape index (κ2) is 5.23. The molecule has 0 amide bonds. The summed E-state index contributed by atoms with van der Waals surface area (Å²) < 4.78 is 13.9. The van der Waals surface area contributed by atoms with Crippen molar-refractivity contribution in [1.29, 1.82) is 5.41 Å². The summed E-state index contributed by atoms with van der Waals surface area (Å²) >= 11 is 1.37. The molecular weight excluding hydrogens is 247 g/mol. The second-order valence-electron chi connectivity index (χ2n) is 3.93. The number of nitrogens with one attached hydrogen (secondary N) is 1. The molecule has 2 nitrogen and oxygen atoms in total. The molecule has 3 N–H and O–H groups in total. The maximum absolute atomic E-state index is 13.9. The maximum atomic E-state index is 13.9. The van der Waals surface area contributed by atoms with E-state index in [1.54, 1.807) is 12.1 Å². The molecule has 0 fully saturated rings. The predicted octanol–water partition coefficient (Wildman–Crippen LogP) is 3.57. The van der Waals surface area contributed by atoms with Gasteiger partial charge in [-0.2, -0.15) is 0 Å². The van der Waals surface area contributed by atoms with Crippen LogP contribution in [-0.2, 0) is 0 Å². The lowest BCUT2D eigenvalue weighted by atomic mass is 10.2. The largest absolute Gasteiger partial charge is 0.384 e. The Labute approximate surface area is 110 Å². The Balaban J connectivity index is 2.30. The smallest absolute Gasteiger partial charge is 0.137 e. The number of halogens is 1. The third kappa shape index (κ3) is 2.71. The van der Waals surface area contributed by atoms with E-state index < -0.39 is 0 Å². The fraction of sp³-hybridized carbons (Fsp3) is 0.0714. The van der Waals surface area contributed by atoms with Crippen LogP contribution in [0.2, 0.25) is 0 Å². The number of rotatable bonds is 3. The van der Waals surface area contributed by atoms with Crippen molar-refractivity contribution in [2.45, 2.75) is 16.7 Å². The van der Waals surface area contributed by atoms with Crippen molar-refractivity contribution < 1.29 is 4.39 Å². The third-order valence-electron chi connectivity index (χ3n) is 2.56. The van der Waals surface area contributed by atoms with Gasteiger partial charge in [-0.05, 0) is 36.8 Å². The van der Waals surface area contributed by atoms with E-state index in [1.165, 1.54) is 17.8 Å². The molecule has 18 heavy (non-hydrogen) atoms. The topological polar surface area (TPSA) is 49.9 Å². The Morgan fingerprint density at radius 3 is 2.50 bits per heavy atom. The average Bonchev–Trinajstić information content (AvgIpc) is 2.34. The van der Waals surface area contributed by atoms with Crippen LogP contribution in [-0.4, -0.2) is 5.84 Å². The molecule has 0 atom stereocenters. The highest BCUT2D eigenvalue weighted by atomic mass is 32.2. The van der Waals surface area contributed by atoms with Gasteiger partial charge in [0.2, 0.25) is 0 Å². The summed E-state index contributed by atoms with van der Waals surface area (Å²) in [6.07, 6.45) is 0. The first-order valence-corrected chi connectivity index (χ1v) is 6.27. The van der Waals surface area contributed by atoms with E-state index in [1.807, 2.05) is 31.2 Å². The van der Waals surface area contributed by atoms with Crippen molar-refractivity contribution in [3.8, 4) is 0 Å². The highest BCUT2D eigenvalue weighted by Gasteiger charge is 2.08. The summed E-state index contributed by atoms with van der Waals surface area (Å²) in [6, 6.07) is 12.4. The van der Waals surface area contributed by atoms with Gasteiger partial charge < -0.3 is 5.73 Å². The number of benzene rings is 2. The summed E-state index contributed by atoms with van der Waals surface area (Å²) in [5.74, 6) is -0.475. The molecule has 0 spiro atoms. The summed E-state index contributed by atoms with van der Waals surface area (Å²) in [4.78, 5) is 1.56. The number of nitrogen functional groups attached to an aromatic ring is 1. The number of hydrogen-bond donors (Lipinski definition) is 2. The maximum Gasteiger partial charge on any atom is 0.137 e. The van der Waals surface area contributed by atoms with Crippen LogP contribution in [0.5, 0.6) is 0 Å². The van der Waals surface area contributed by atoms with Gasteiger partial charge in [0, 0.05) is 15.4 Å². The highest BCUT2D eigenvalue weighted by molar-refractivity contribution is 7.99. The van der Waals surface area contributed by atoms with E-state index in [-0.39, 0.29) is 11.7 Å². The zero-order chi connectivity index (χ0) is 13.1. The minimum Gasteiger partial charge on any atom is -0.384 e. The highest BCUT2D eigenvalue weighted by Crippen LogP contribution is 2.32. The van der Waals surface area contributed by atoms with E-state index in [0.717, 1.165) is 10.5 Å². The minimum atomic E-state index is -0.351. The van der Waals surface area contributed by atoms with E-state index in [2.05, 4.69) is 0 Å². The third-order valence-corrected chi connectivity index (χ3v) is 3.79. The molecule has 2 aromatic carbocycles. The van der Waals surface area contributed by atoms with Crippen molar-refractivity contribution in [3.05, 3.63) is 59.4 Å². The molecule has 4 heteroatoms. The van der Waals surface area contributed by atoms with Gasteiger partial charge in [0.05, 0.1) is 0 Å². The second-order valence-corrected chi connectivity index (χ2v) is 5.01. The van der Waals surface area contributed by atoms with Crippen molar-refractivity contribution in [2.75, 3.05) is 0 Å². The first-order valence-electron chi connectivity index (χ1n) is 5.45. The molecule has 0 saturated carbocycles.